The summed E-state index contributed by atoms with van der Waals surface area (Å²) in [7, 11) is -4.30. The van der Waals surface area contributed by atoms with Crippen LogP contribution in [0.1, 0.15) is 98.3 Å². The van der Waals surface area contributed by atoms with Crippen LogP contribution in [0.5, 0.6) is 0 Å². The van der Waals surface area contributed by atoms with Crippen molar-refractivity contribution < 1.29 is 13.0 Å². The first-order chi connectivity index (χ1) is 14.1. The van der Waals surface area contributed by atoms with Crippen LogP contribution in [0.4, 0.5) is 0 Å². The third kappa shape index (κ3) is 3.34. The molecule has 1 N–H and O–H groups in total. The third-order valence-corrected chi connectivity index (χ3v) is 8.36. The third-order valence-electron chi connectivity index (χ3n) is 7.41. The van der Waals surface area contributed by atoms with Gasteiger partial charge in [-0.3, -0.25) is 4.55 Å². The number of allylic oxidation sites excluding steroid dienone is 1. The van der Waals surface area contributed by atoms with E-state index in [9.17, 15) is 13.0 Å². The molecule has 0 unspecified atom stereocenters. The maximum atomic E-state index is 12.9. The van der Waals surface area contributed by atoms with E-state index >= 15 is 0 Å². The molecule has 2 fully saturated rings. The molecule has 3 aliphatic rings. The zero-order valence-electron chi connectivity index (χ0n) is 17.0. The van der Waals surface area contributed by atoms with Crippen LogP contribution in [0.3, 0.4) is 0 Å². The Morgan fingerprint density at radius 2 is 1.45 bits per heavy atom. The van der Waals surface area contributed by atoms with E-state index in [1.54, 1.807) is 0 Å². The molecule has 3 nitrogen and oxygen atoms in total. The van der Waals surface area contributed by atoms with Crippen molar-refractivity contribution in [2.45, 2.75) is 87.4 Å². The van der Waals surface area contributed by atoms with E-state index in [4.69, 9.17) is 0 Å². The van der Waals surface area contributed by atoms with Crippen LogP contribution in [0.2, 0.25) is 0 Å². The van der Waals surface area contributed by atoms with Crippen molar-refractivity contribution in [3.05, 3.63) is 46.5 Å². The summed E-state index contributed by atoms with van der Waals surface area (Å²) in [5, 5.41) is 2.30. The second kappa shape index (κ2) is 7.55. The standard InChI is InChI=1S/C25H30O3S/c26-29(27,28)25-23(18-9-3-1-4-10-18)20-15-7-13-17-14-8-16-21(22(17)20)24(25)19-11-5-2-6-12-19/h7-8,13-15,18-19H,1-6,9-12,16H2,(H,26,27,28). The molecule has 154 valence electrons. The van der Waals surface area contributed by atoms with Gasteiger partial charge in [0.05, 0.1) is 0 Å². The van der Waals surface area contributed by atoms with Crippen LogP contribution in [-0.4, -0.2) is 13.0 Å². The van der Waals surface area contributed by atoms with Gasteiger partial charge in [0.1, 0.15) is 4.90 Å². The summed E-state index contributed by atoms with van der Waals surface area (Å²) in [6, 6.07) is 6.27. The fourth-order valence-electron chi connectivity index (χ4n) is 6.22. The van der Waals surface area contributed by atoms with Gasteiger partial charge in [0, 0.05) is 0 Å². The van der Waals surface area contributed by atoms with Crippen LogP contribution in [0.25, 0.3) is 16.8 Å². The van der Waals surface area contributed by atoms with Gasteiger partial charge in [-0.1, -0.05) is 68.9 Å². The molecule has 29 heavy (non-hydrogen) atoms. The molecule has 0 heterocycles. The molecular formula is C25H30O3S. The number of rotatable bonds is 3. The number of hydrogen-bond donors (Lipinski definition) is 1. The molecule has 2 saturated carbocycles. The molecule has 0 spiro atoms. The predicted molar refractivity (Wildman–Crippen MR) is 118 cm³/mol. The van der Waals surface area contributed by atoms with Crippen molar-refractivity contribution in [2.24, 2.45) is 0 Å². The highest BCUT2D eigenvalue weighted by atomic mass is 32.2. The largest absolute Gasteiger partial charge is 0.295 e. The van der Waals surface area contributed by atoms with E-state index in [0.29, 0.717) is 0 Å². The van der Waals surface area contributed by atoms with E-state index in [-0.39, 0.29) is 16.7 Å². The minimum atomic E-state index is -4.30. The van der Waals surface area contributed by atoms with Gasteiger partial charge >= 0.3 is 0 Å². The smallest absolute Gasteiger partial charge is 0.282 e. The second-order valence-corrected chi connectivity index (χ2v) is 10.5. The Morgan fingerprint density at radius 3 is 2.07 bits per heavy atom. The van der Waals surface area contributed by atoms with Crippen molar-refractivity contribution in [2.75, 3.05) is 0 Å². The first kappa shape index (κ1) is 19.3. The minimum Gasteiger partial charge on any atom is -0.282 e. The molecule has 0 amide bonds. The van der Waals surface area contributed by atoms with Crippen molar-refractivity contribution in [3.63, 3.8) is 0 Å². The molecule has 0 saturated heterocycles. The zero-order valence-corrected chi connectivity index (χ0v) is 17.8. The van der Waals surface area contributed by atoms with E-state index in [2.05, 4.69) is 24.3 Å². The van der Waals surface area contributed by atoms with Gasteiger partial charge in [-0.15, -0.1) is 0 Å². The topological polar surface area (TPSA) is 54.4 Å². The molecule has 2 aromatic rings. The van der Waals surface area contributed by atoms with Crippen molar-refractivity contribution in [1.82, 2.24) is 0 Å². The molecule has 3 aliphatic carbocycles. The normalized spacial score (nSPS) is 21.0. The van der Waals surface area contributed by atoms with E-state index in [0.717, 1.165) is 79.9 Å². The molecule has 2 aromatic carbocycles. The second-order valence-electron chi connectivity index (χ2n) is 9.16. The maximum absolute atomic E-state index is 12.9. The number of hydrogen-bond acceptors (Lipinski definition) is 2. The quantitative estimate of drug-likeness (QED) is 0.569. The Hall–Kier alpha value is -1.65. The SMILES string of the molecule is O=S(=O)(O)c1c(C2CCCCC2)c2c3c(cccc3c1C1CCCCC1)C=CC2. The molecule has 0 radical (unpaired) electrons. The first-order valence-corrected chi connectivity index (χ1v) is 12.7. The highest BCUT2D eigenvalue weighted by Gasteiger charge is 2.35. The zero-order chi connectivity index (χ0) is 20.0. The van der Waals surface area contributed by atoms with Crippen LogP contribution < -0.4 is 0 Å². The van der Waals surface area contributed by atoms with Crippen LogP contribution in [-0.2, 0) is 16.5 Å². The summed E-state index contributed by atoms with van der Waals surface area (Å²) in [4.78, 5) is 0.284. The summed E-state index contributed by atoms with van der Waals surface area (Å²) in [6.45, 7) is 0. The summed E-state index contributed by atoms with van der Waals surface area (Å²) in [5.41, 5.74) is 4.22. The molecule has 4 heteroatoms. The molecule has 0 bridgehead atoms. The lowest BCUT2D eigenvalue weighted by atomic mass is 9.74. The summed E-state index contributed by atoms with van der Waals surface area (Å²) in [5.74, 6) is 0.459. The Balaban J connectivity index is 1.90. The highest BCUT2D eigenvalue weighted by Crippen LogP contribution is 2.49. The predicted octanol–water partition coefficient (Wildman–Crippen LogP) is 6.75. The molecule has 5 rings (SSSR count). The summed E-state index contributed by atoms with van der Waals surface area (Å²) < 4.78 is 36.4. The molecule has 0 aromatic heterocycles. The van der Waals surface area contributed by atoms with Crippen molar-refractivity contribution >= 4 is 27.0 Å². The number of benzene rings is 2. The Bertz CT molecular complexity index is 1070. The highest BCUT2D eigenvalue weighted by molar-refractivity contribution is 7.86. The Kier molecular flexibility index (Phi) is 5.03. The van der Waals surface area contributed by atoms with Crippen LogP contribution in [0.15, 0.2) is 29.2 Å². The Morgan fingerprint density at radius 1 is 0.828 bits per heavy atom. The van der Waals surface area contributed by atoms with E-state index in [1.165, 1.54) is 23.8 Å². The first-order valence-electron chi connectivity index (χ1n) is 11.3. The van der Waals surface area contributed by atoms with Crippen LogP contribution in [0, 0.1) is 0 Å². The van der Waals surface area contributed by atoms with Gasteiger partial charge in [-0.2, -0.15) is 8.42 Å². The average molecular weight is 411 g/mol. The van der Waals surface area contributed by atoms with Gasteiger partial charge in [0.25, 0.3) is 10.1 Å². The van der Waals surface area contributed by atoms with Gasteiger partial charge in [-0.05, 0) is 77.0 Å². The minimum absolute atomic E-state index is 0.221. The van der Waals surface area contributed by atoms with Gasteiger partial charge in [0.2, 0.25) is 0 Å². The van der Waals surface area contributed by atoms with E-state index < -0.39 is 10.1 Å². The lowest BCUT2D eigenvalue weighted by molar-refractivity contribution is 0.419. The summed E-state index contributed by atoms with van der Waals surface area (Å²) in [6.07, 6.45) is 16.2. The Labute approximate surface area is 174 Å². The van der Waals surface area contributed by atoms with Crippen LogP contribution >= 0.6 is 0 Å². The van der Waals surface area contributed by atoms with Gasteiger partial charge in [-0.25, -0.2) is 0 Å². The van der Waals surface area contributed by atoms with Crippen molar-refractivity contribution in [1.29, 1.82) is 0 Å². The van der Waals surface area contributed by atoms with E-state index in [1.807, 2.05) is 6.07 Å². The van der Waals surface area contributed by atoms with Crippen molar-refractivity contribution in [3.8, 4) is 0 Å². The summed E-state index contributed by atoms with van der Waals surface area (Å²) >= 11 is 0. The fraction of sp³-hybridized carbons (Fsp3) is 0.520. The molecular weight excluding hydrogens is 380 g/mol. The van der Waals surface area contributed by atoms with Gasteiger partial charge in [0.15, 0.2) is 0 Å². The average Bonchev–Trinajstić information content (AvgIpc) is 2.74. The lowest BCUT2D eigenvalue weighted by Crippen LogP contribution is -2.19. The fourth-order valence-corrected chi connectivity index (χ4v) is 7.35. The lowest BCUT2D eigenvalue weighted by Gasteiger charge is -2.33. The molecule has 0 aliphatic heterocycles. The molecule has 0 atom stereocenters. The monoisotopic (exact) mass is 410 g/mol. The van der Waals surface area contributed by atoms with Gasteiger partial charge < -0.3 is 0 Å². The maximum Gasteiger partial charge on any atom is 0.295 e.